The third-order valence-electron chi connectivity index (χ3n) is 3.24. The fraction of sp³-hybridized carbons (Fsp3) is 0.0625. The molecular weight excluding hydrogens is 354 g/mol. The average molecular weight is 365 g/mol. The Bertz CT molecular complexity index is 926. The normalized spacial score (nSPS) is 10.7. The second kappa shape index (κ2) is 6.59. The van der Waals surface area contributed by atoms with E-state index in [4.69, 9.17) is 23.2 Å². The molecule has 0 aliphatic heterocycles. The molecule has 24 heavy (non-hydrogen) atoms. The number of benzene rings is 2. The zero-order valence-corrected chi connectivity index (χ0v) is 13.9. The summed E-state index contributed by atoms with van der Waals surface area (Å²) in [6, 6.07) is 11.2. The van der Waals surface area contributed by atoms with Crippen LogP contribution in [-0.4, -0.2) is 20.9 Å². The minimum atomic E-state index is -0.701. The second-order valence-corrected chi connectivity index (χ2v) is 5.80. The van der Waals surface area contributed by atoms with Crippen LogP contribution in [0.2, 0.25) is 10.0 Å². The summed E-state index contributed by atoms with van der Waals surface area (Å²) in [5.41, 5.74) is 1.06. The molecule has 0 unspecified atom stereocenters. The van der Waals surface area contributed by atoms with Gasteiger partial charge in [0.1, 0.15) is 0 Å². The highest BCUT2D eigenvalue weighted by Gasteiger charge is 2.18. The first-order chi connectivity index (χ1) is 11.5. The van der Waals surface area contributed by atoms with Gasteiger partial charge < -0.3 is 5.32 Å². The van der Waals surface area contributed by atoms with Gasteiger partial charge in [-0.2, -0.15) is 9.90 Å². The van der Waals surface area contributed by atoms with Crippen LogP contribution in [0.1, 0.15) is 16.2 Å². The van der Waals surface area contributed by atoms with Gasteiger partial charge in [-0.25, -0.2) is 4.39 Å². The highest BCUT2D eigenvalue weighted by atomic mass is 35.5. The number of aromatic nitrogens is 3. The van der Waals surface area contributed by atoms with Gasteiger partial charge in [-0.1, -0.05) is 35.3 Å². The van der Waals surface area contributed by atoms with Crippen LogP contribution < -0.4 is 5.32 Å². The van der Waals surface area contributed by atoms with Crippen molar-refractivity contribution in [3.05, 3.63) is 69.7 Å². The number of hydrogen-bond acceptors (Lipinski definition) is 3. The summed E-state index contributed by atoms with van der Waals surface area (Å²) >= 11 is 11.6. The number of hydrogen-bond donors (Lipinski definition) is 1. The number of amides is 1. The molecule has 122 valence electrons. The van der Waals surface area contributed by atoms with Crippen molar-refractivity contribution in [1.29, 1.82) is 0 Å². The first-order valence-electron chi connectivity index (χ1n) is 6.91. The molecule has 0 saturated carbocycles. The van der Waals surface area contributed by atoms with Crippen LogP contribution >= 0.6 is 23.2 Å². The maximum Gasteiger partial charge on any atom is 0.278 e. The molecule has 0 bridgehead atoms. The minimum absolute atomic E-state index is 0.0239. The summed E-state index contributed by atoms with van der Waals surface area (Å²) in [5.74, 6) is -1.28. The molecule has 5 nitrogen and oxygen atoms in total. The zero-order chi connectivity index (χ0) is 17.3. The van der Waals surface area contributed by atoms with Gasteiger partial charge in [-0.05, 0) is 37.3 Å². The Balaban J connectivity index is 1.90. The quantitative estimate of drug-likeness (QED) is 0.754. The smallest absolute Gasteiger partial charge is 0.278 e. The van der Waals surface area contributed by atoms with Crippen LogP contribution in [0.25, 0.3) is 5.69 Å². The Labute approximate surface area is 147 Å². The molecule has 0 aliphatic carbocycles. The van der Waals surface area contributed by atoms with E-state index in [1.165, 1.54) is 23.0 Å². The fourth-order valence-electron chi connectivity index (χ4n) is 2.09. The van der Waals surface area contributed by atoms with Gasteiger partial charge in [-0.15, -0.1) is 5.10 Å². The third kappa shape index (κ3) is 3.25. The highest BCUT2D eigenvalue weighted by molar-refractivity contribution is 6.31. The monoisotopic (exact) mass is 364 g/mol. The minimum Gasteiger partial charge on any atom is -0.318 e. The summed E-state index contributed by atoms with van der Waals surface area (Å²) < 4.78 is 13.9. The fourth-order valence-corrected chi connectivity index (χ4v) is 2.45. The van der Waals surface area contributed by atoms with Crippen LogP contribution in [0.3, 0.4) is 0 Å². The predicted octanol–water partition coefficient (Wildman–Crippen LogP) is 4.27. The SMILES string of the molecule is Cc1nn(-c2cccc(Cl)c2)nc1C(=O)Nc1cccc(Cl)c1F. The Hall–Kier alpha value is -2.44. The molecule has 1 amide bonds. The number of carbonyl (C=O) groups excluding carboxylic acids is 1. The van der Waals surface area contributed by atoms with Crippen LogP contribution in [0.4, 0.5) is 10.1 Å². The molecule has 0 fully saturated rings. The molecular formula is C16H11Cl2FN4O. The summed E-state index contributed by atoms with van der Waals surface area (Å²) in [5, 5.41) is 11.2. The zero-order valence-electron chi connectivity index (χ0n) is 12.4. The molecule has 3 rings (SSSR count). The molecule has 8 heteroatoms. The van der Waals surface area contributed by atoms with E-state index < -0.39 is 11.7 Å². The maximum atomic E-state index is 13.9. The summed E-state index contributed by atoms with van der Waals surface area (Å²) in [7, 11) is 0. The predicted molar refractivity (Wildman–Crippen MR) is 90.5 cm³/mol. The van der Waals surface area contributed by atoms with Crippen LogP contribution in [0.15, 0.2) is 42.5 Å². The number of anilines is 1. The molecule has 0 radical (unpaired) electrons. The Morgan fingerprint density at radius 1 is 1.17 bits per heavy atom. The Morgan fingerprint density at radius 3 is 2.67 bits per heavy atom. The van der Waals surface area contributed by atoms with E-state index in [-0.39, 0.29) is 16.4 Å². The number of nitrogens with one attached hydrogen (secondary N) is 1. The maximum absolute atomic E-state index is 13.9. The number of nitrogens with zero attached hydrogens (tertiary/aromatic N) is 3. The van der Waals surface area contributed by atoms with E-state index in [9.17, 15) is 9.18 Å². The molecule has 0 aliphatic rings. The number of aryl methyl sites for hydroxylation is 1. The molecule has 0 atom stereocenters. The lowest BCUT2D eigenvalue weighted by Crippen LogP contribution is -2.15. The van der Waals surface area contributed by atoms with Gasteiger partial charge in [0.25, 0.3) is 5.91 Å². The van der Waals surface area contributed by atoms with Crippen molar-refractivity contribution in [3.8, 4) is 5.69 Å². The van der Waals surface area contributed by atoms with Gasteiger partial charge in [-0.3, -0.25) is 4.79 Å². The van der Waals surface area contributed by atoms with Crippen molar-refractivity contribution in [2.24, 2.45) is 0 Å². The van der Waals surface area contributed by atoms with Gasteiger partial charge >= 0.3 is 0 Å². The van der Waals surface area contributed by atoms with Crippen LogP contribution in [0, 0.1) is 12.7 Å². The number of halogens is 3. The lowest BCUT2D eigenvalue weighted by Gasteiger charge is -2.05. The van der Waals surface area contributed by atoms with E-state index in [1.807, 2.05) is 0 Å². The molecule has 1 N–H and O–H groups in total. The van der Waals surface area contributed by atoms with Crippen molar-refractivity contribution in [3.63, 3.8) is 0 Å². The topological polar surface area (TPSA) is 59.8 Å². The van der Waals surface area contributed by atoms with E-state index >= 15 is 0 Å². The van der Waals surface area contributed by atoms with Gasteiger partial charge in [0, 0.05) is 5.02 Å². The molecule has 2 aromatic carbocycles. The summed E-state index contributed by atoms with van der Waals surface area (Å²) in [4.78, 5) is 13.6. The highest BCUT2D eigenvalue weighted by Crippen LogP contribution is 2.22. The van der Waals surface area contributed by atoms with Gasteiger partial charge in [0.05, 0.1) is 22.1 Å². The van der Waals surface area contributed by atoms with Gasteiger partial charge in [0.2, 0.25) is 0 Å². The largest absolute Gasteiger partial charge is 0.318 e. The Kier molecular flexibility index (Phi) is 4.51. The summed E-state index contributed by atoms with van der Waals surface area (Å²) in [6.07, 6.45) is 0. The number of carbonyl (C=O) groups is 1. The van der Waals surface area contributed by atoms with Crippen molar-refractivity contribution in [2.45, 2.75) is 6.92 Å². The Morgan fingerprint density at radius 2 is 1.92 bits per heavy atom. The third-order valence-corrected chi connectivity index (χ3v) is 3.76. The molecule has 3 aromatic rings. The summed E-state index contributed by atoms with van der Waals surface area (Å²) in [6.45, 7) is 1.64. The average Bonchev–Trinajstić information content (AvgIpc) is 2.94. The van der Waals surface area contributed by atoms with Crippen molar-refractivity contribution in [1.82, 2.24) is 15.0 Å². The van der Waals surface area contributed by atoms with Crippen LogP contribution in [0.5, 0.6) is 0 Å². The second-order valence-electron chi connectivity index (χ2n) is 4.96. The standard InChI is InChI=1S/C16H11Cl2FN4O/c1-9-15(16(24)20-13-7-3-6-12(18)14(13)19)22-23(21-9)11-5-2-4-10(17)8-11/h2-8H,1H3,(H,20,24). The van der Waals surface area contributed by atoms with E-state index in [0.29, 0.717) is 16.4 Å². The molecule has 0 saturated heterocycles. The first-order valence-corrected chi connectivity index (χ1v) is 7.66. The first kappa shape index (κ1) is 16.4. The molecule has 0 spiro atoms. The lowest BCUT2D eigenvalue weighted by molar-refractivity contribution is 0.102. The van der Waals surface area contributed by atoms with E-state index in [1.54, 1.807) is 31.2 Å². The van der Waals surface area contributed by atoms with Crippen molar-refractivity contribution < 1.29 is 9.18 Å². The molecule has 1 aromatic heterocycles. The lowest BCUT2D eigenvalue weighted by atomic mass is 10.2. The van der Waals surface area contributed by atoms with Crippen molar-refractivity contribution >= 4 is 34.8 Å². The van der Waals surface area contributed by atoms with E-state index in [0.717, 1.165) is 0 Å². The van der Waals surface area contributed by atoms with Crippen LogP contribution in [-0.2, 0) is 0 Å². The molecule has 1 heterocycles. The number of rotatable bonds is 3. The van der Waals surface area contributed by atoms with E-state index in [2.05, 4.69) is 15.5 Å². The van der Waals surface area contributed by atoms with Crippen molar-refractivity contribution in [2.75, 3.05) is 5.32 Å². The van der Waals surface area contributed by atoms with Gasteiger partial charge in [0.15, 0.2) is 11.5 Å².